The fraction of sp³-hybridized carbons (Fsp3) is 0.385. The fourth-order valence-electron chi connectivity index (χ4n) is 1.59. The van der Waals surface area contributed by atoms with Crippen molar-refractivity contribution in [3.8, 4) is 11.4 Å². The first-order valence-electron chi connectivity index (χ1n) is 6.29. The predicted molar refractivity (Wildman–Crippen MR) is 72.6 cm³/mol. The van der Waals surface area contributed by atoms with Gasteiger partial charge in [-0.1, -0.05) is 0 Å². The Balaban J connectivity index is 2.33. The number of hydrogen-bond donors (Lipinski definition) is 1. The minimum atomic E-state index is 0.392. The molecular formula is C13H17N5O. The first-order chi connectivity index (χ1) is 9.33. The summed E-state index contributed by atoms with van der Waals surface area (Å²) in [6, 6.07) is 1.86. The third-order valence-corrected chi connectivity index (χ3v) is 2.39. The van der Waals surface area contributed by atoms with E-state index in [9.17, 15) is 0 Å². The standard InChI is InChI=1S/C13H17N5O/c1-3-15-12-7-10(11-8-14-5-6-16-11)17-13(18-12)9-19-4-2/h5-8H,3-4,9H2,1-2H3,(H,15,17,18). The molecule has 0 saturated carbocycles. The summed E-state index contributed by atoms with van der Waals surface area (Å²) in [6.45, 7) is 5.79. The van der Waals surface area contributed by atoms with E-state index in [-0.39, 0.29) is 0 Å². The second kappa shape index (κ2) is 6.75. The van der Waals surface area contributed by atoms with E-state index in [2.05, 4.69) is 25.3 Å². The molecule has 0 saturated heterocycles. The smallest absolute Gasteiger partial charge is 0.157 e. The molecule has 0 bridgehead atoms. The summed E-state index contributed by atoms with van der Waals surface area (Å²) in [4.78, 5) is 17.1. The highest BCUT2D eigenvalue weighted by Crippen LogP contribution is 2.17. The van der Waals surface area contributed by atoms with Gasteiger partial charge < -0.3 is 10.1 Å². The normalized spacial score (nSPS) is 10.4. The van der Waals surface area contributed by atoms with Gasteiger partial charge in [0.05, 0.1) is 11.9 Å². The van der Waals surface area contributed by atoms with Crippen LogP contribution in [-0.2, 0) is 11.3 Å². The molecule has 100 valence electrons. The molecule has 0 aliphatic carbocycles. The molecule has 2 aromatic rings. The van der Waals surface area contributed by atoms with Crippen LogP contribution in [0.5, 0.6) is 0 Å². The van der Waals surface area contributed by atoms with Crippen molar-refractivity contribution in [1.82, 2.24) is 19.9 Å². The van der Waals surface area contributed by atoms with Crippen LogP contribution in [0.3, 0.4) is 0 Å². The van der Waals surface area contributed by atoms with Crippen LogP contribution in [0.25, 0.3) is 11.4 Å². The summed E-state index contributed by atoms with van der Waals surface area (Å²) in [5, 5.41) is 3.18. The van der Waals surface area contributed by atoms with Crippen LogP contribution in [0.4, 0.5) is 5.82 Å². The van der Waals surface area contributed by atoms with Crippen molar-refractivity contribution in [3.63, 3.8) is 0 Å². The lowest BCUT2D eigenvalue weighted by molar-refractivity contribution is 0.128. The van der Waals surface area contributed by atoms with E-state index in [0.717, 1.165) is 23.8 Å². The molecule has 0 fully saturated rings. The topological polar surface area (TPSA) is 72.8 Å². The number of anilines is 1. The monoisotopic (exact) mass is 259 g/mol. The zero-order valence-electron chi connectivity index (χ0n) is 11.1. The lowest BCUT2D eigenvalue weighted by Crippen LogP contribution is -2.06. The Morgan fingerprint density at radius 3 is 2.74 bits per heavy atom. The van der Waals surface area contributed by atoms with Crippen molar-refractivity contribution in [2.75, 3.05) is 18.5 Å². The summed E-state index contributed by atoms with van der Waals surface area (Å²) in [5.74, 6) is 1.41. The van der Waals surface area contributed by atoms with Crippen LogP contribution in [0.15, 0.2) is 24.7 Å². The number of aromatic nitrogens is 4. The van der Waals surface area contributed by atoms with Gasteiger partial charge in [0.25, 0.3) is 0 Å². The molecule has 0 amide bonds. The molecule has 19 heavy (non-hydrogen) atoms. The van der Waals surface area contributed by atoms with Crippen LogP contribution >= 0.6 is 0 Å². The highest BCUT2D eigenvalue weighted by molar-refractivity contribution is 5.57. The lowest BCUT2D eigenvalue weighted by Gasteiger charge is -2.08. The van der Waals surface area contributed by atoms with E-state index in [1.807, 2.05) is 19.9 Å². The van der Waals surface area contributed by atoms with Gasteiger partial charge in [-0.05, 0) is 13.8 Å². The molecule has 2 aromatic heterocycles. The summed E-state index contributed by atoms with van der Waals surface area (Å²) in [5.41, 5.74) is 1.47. The van der Waals surface area contributed by atoms with Crippen LogP contribution in [-0.4, -0.2) is 33.1 Å². The number of rotatable bonds is 6. The molecule has 0 aliphatic heterocycles. The van der Waals surface area contributed by atoms with E-state index in [1.54, 1.807) is 18.6 Å². The Morgan fingerprint density at radius 2 is 2.05 bits per heavy atom. The highest BCUT2D eigenvalue weighted by atomic mass is 16.5. The molecule has 6 nitrogen and oxygen atoms in total. The largest absolute Gasteiger partial charge is 0.374 e. The fourth-order valence-corrected chi connectivity index (χ4v) is 1.59. The van der Waals surface area contributed by atoms with E-state index < -0.39 is 0 Å². The summed E-state index contributed by atoms with van der Waals surface area (Å²) < 4.78 is 5.35. The van der Waals surface area contributed by atoms with Crippen molar-refractivity contribution in [2.45, 2.75) is 20.5 Å². The van der Waals surface area contributed by atoms with Gasteiger partial charge in [-0.15, -0.1) is 0 Å². The van der Waals surface area contributed by atoms with Crippen molar-refractivity contribution >= 4 is 5.82 Å². The van der Waals surface area contributed by atoms with Gasteiger partial charge in [-0.25, -0.2) is 9.97 Å². The molecule has 1 N–H and O–H groups in total. The lowest BCUT2D eigenvalue weighted by atomic mass is 10.3. The van der Waals surface area contributed by atoms with Crippen molar-refractivity contribution in [1.29, 1.82) is 0 Å². The summed E-state index contributed by atoms with van der Waals surface area (Å²) >= 11 is 0. The molecule has 2 rings (SSSR count). The van der Waals surface area contributed by atoms with E-state index in [4.69, 9.17) is 4.74 Å². The second-order valence-electron chi connectivity index (χ2n) is 3.81. The Hall–Kier alpha value is -2.08. The zero-order chi connectivity index (χ0) is 13.5. The maximum atomic E-state index is 5.35. The van der Waals surface area contributed by atoms with E-state index >= 15 is 0 Å². The molecule has 6 heteroatoms. The average Bonchev–Trinajstić information content (AvgIpc) is 2.46. The van der Waals surface area contributed by atoms with Crippen LogP contribution < -0.4 is 5.32 Å². The number of nitrogens with zero attached hydrogens (tertiary/aromatic N) is 4. The van der Waals surface area contributed by atoms with Crippen LogP contribution in [0.1, 0.15) is 19.7 Å². The molecular weight excluding hydrogens is 242 g/mol. The molecule has 0 unspecified atom stereocenters. The highest BCUT2D eigenvalue weighted by Gasteiger charge is 2.07. The Labute approximate surface area is 112 Å². The Bertz CT molecular complexity index is 518. The molecule has 0 aliphatic rings. The first-order valence-corrected chi connectivity index (χ1v) is 6.29. The van der Waals surface area contributed by atoms with Crippen molar-refractivity contribution in [3.05, 3.63) is 30.5 Å². The molecule has 0 radical (unpaired) electrons. The van der Waals surface area contributed by atoms with Gasteiger partial charge in [-0.3, -0.25) is 9.97 Å². The predicted octanol–water partition coefficient (Wildman–Crippen LogP) is 1.90. The molecule has 0 spiro atoms. The Kier molecular flexibility index (Phi) is 4.74. The molecule has 2 heterocycles. The molecule has 0 aromatic carbocycles. The number of nitrogens with one attached hydrogen (secondary N) is 1. The number of hydrogen-bond acceptors (Lipinski definition) is 6. The van der Waals surface area contributed by atoms with E-state index in [1.165, 1.54) is 0 Å². The third kappa shape index (κ3) is 3.69. The van der Waals surface area contributed by atoms with Crippen molar-refractivity contribution < 1.29 is 4.74 Å². The van der Waals surface area contributed by atoms with Crippen LogP contribution in [0.2, 0.25) is 0 Å². The summed E-state index contributed by atoms with van der Waals surface area (Å²) in [6.07, 6.45) is 4.96. The van der Waals surface area contributed by atoms with Gasteiger partial charge in [0.1, 0.15) is 18.1 Å². The van der Waals surface area contributed by atoms with Gasteiger partial charge in [0.15, 0.2) is 5.82 Å². The quantitative estimate of drug-likeness (QED) is 0.854. The van der Waals surface area contributed by atoms with Gasteiger partial charge >= 0.3 is 0 Å². The maximum absolute atomic E-state index is 5.35. The van der Waals surface area contributed by atoms with E-state index in [0.29, 0.717) is 19.0 Å². The maximum Gasteiger partial charge on any atom is 0.157 e. The second-order valence-corrected chi connectivity index (χ2v) is 3.81. The zero-order valence-corrected chi connectivity index (χ0v) is 11.1. The third-order valence-electron chi connectivity index (χ3n) is 2.39. The van der Waals surface area contributed by atoms with Gasteiger partial charge in [0.2, 0.25) is 0 Å². The van der Waals surface area contributed by atoms with Gasteiger partial charge in [0, 0.05) is 31.6 Å². The van der Waals surface area contributed by atoms with Gasteiger partial charge in [-0.2, -0.15) is 0 Å². The first kappa shape index (κ1) is 13.4. The van der Waals surface area contributed by atoms with Crippen LogP contribution in [0, 0.1) is 0 Å². The molecule has 0 atom stereocenters. The Morgan fingerprint density at radius 1 is 1.16 bits per heavy atom. The summed E-state index contributed by atoms with van der Waals surface area (Å²) in [7, 11) is 0. The van der Waals surface area contributed by atoms with Crippen molar-refractivity contribution in [2.24, 2.45) is 0 Å². The SMILES string of the molecule is CCNc1cc(-c2cnccn2)nc(COCC)n1. The minimum Gasteiger partial charge on any atom is -0.374 e. The minimum absolute atomic E-state index is 0.392. The average molecular weight is 259 g/mol. The number of ether oxygens (including phenoxy) is 1.